The fraction of sp³-hybridized carbons (Fsp3) is 0.714. The summed E-state index contributed by atoms with van der Waals surface area (Å²) >= 11 is 1.54. The minimum Gasteiger partial charge on any atom is -0.340 e. The lowest BCUT2D eigenvalue weighted by atomic mass is 9.49. The molecule has 0 radical (unpaired) electrons. The number of allylic oxidation sites excluding steroid dienone is 1. The molecule has 1 aromatic heterocycles. The van der Waals surface area contributed by atoms with Gasteiger partial charge in [0.1, 0.15) is 0 Å². The number of carbonyl (C=O) groups excluding carboxylic acids is 2. The van der Waals surface area contributed by atoms with Crippen LogP contribution in [-0.4, -0.2) is 72.3 Å². The number of rotatable bonds is 11. The van der Waals surface area contributed by atoms with Gasteiger partial charge in [-0.05, 0) is 48.0 Å². The molecule has 0 N–H and O–H groups in total. The minimum atomic E-state index is 0.163. The Hall–Kier alpha value is -1.66. The van der Waals surface area contributed by atoms with Gasteiger partial charge in [-0.25, -0.2) is 0 Å². The third-order valence-corrected chi connectivity index (χ3v) is 9.49. The summed E-state index contributed by atoms with van der Waals surface area (Å²) in [6.07, 6.45) is 10.2. The van der Waals surface area contributed by atoms with E-state index in [2.05, 4.69) is 36.6 Å². The van der Waals surface area contributed by atoms with Gasteiger partial charge in [-0.15, -0.1) is 11.3 Å². The summed E-state index contributed by atoms with van der Waals surface area (Å²) in [7, 11) is 0. The molecule has 2 amide bonds. The Kier molecular flexibility index (Phi) is 8.52. The molecule has 0 aromatic carbocycles. The molecule has 1 saturated heterocycles. The third kappa shape index (κ3) is 5.76. The van der Waals surface area contributed by atoms with Gasteiger partial charge in [0.25, 0.3) is 5.91 Å². The average molecular weight is 486 g/mol. The van der Waals surface area contributed by atoms with Crippen LogP contribution < -0.4 is 0 Å². The van der Waals surface area contributed by atoms with E-state index >= 15 is 0 Å². The Morgan fingerprint density at radius 3 is 2.59 bits per heavy atom. The van der Waals surface area contributed by atoms with Crippen molar-refractivity contribution in [3.63, 3.8) is 0 Å². The maximum atomic E-state index is 13.4. The maximum Gasteiger partial charge on any atom is 0.264 e. The van der Waals surface area contributed by atoms with Crippen molar-refractivity contribution in [2.45, 2.75) is 65.7 Å². The van der Waals surface area contributed by atoms with Crippen molar-refractivity contribution in [3.05, 3.63) is 34.0 Å². The number of thiophene rings is 1. The number of carbonyl (C=O) groups is 2. The monoisotopic (exact) mass is 485 g/mol. The Morgan fingerprint density at radius 1 is 1.15 bits per heavy atom. The molecule has 5 nitrogen and oxygen atoms in total. The van der Waals surface area contributed by atoms with E-state index in [0.29, 0.717) is 23.7 Å². The normalized spacial score (nSPS) is 23.9. The molecule has 2 unspecified atom stereocenters. The van der Waals surface area contributed by atoms with E-state index in [1.165, 1.54) is 36.2 Å². The zero-order valence-electron chi connectivity index (χ0n) is 21.4. The fourth-order valence-corrected chi connectivity index (χ4v) is 6.72. The molecule has 0 spiro atoms. The number of hydrogen-bond acceptors (Lipinski definition) is 4. The van der Waals surface area contributed by atoms with Gasteiger partial charge in [0, 0.05) is 52.2 Å². The van der Waals surface area contributed by atoms with E-state index in [0.717, 1.165) is 75.9 Å². The Morgan fingerprint density at radius 2 is 1.94 bits per heavy atom. The van der Waals surface area contributed by atoms with E-state index in [9.17, 15) is 9.59 Å². The molecule has 2 heterocycles. The van der Waals surface area contributed by atoms with Crippen molar-refractivity contribution in [1.29, 1.82) is 0 Å². The van der Waals surface area contributed by atoms with E-state index in [4.69, 9.17) is 0 Å². The predicted octanol–water partition coefficient (Wildman–Crippen LogP) is 5.30. The molecule has 2 atom stereocenters. The summed E-state index contributed by atoms with van der Waals surface area (Å²) in [4.78, 5) is 33.3. The van der Waals surface area contributed by atoms with Crippen LogP contribution >= 0.6 is 11.3 Å². The van der Waals surface area contributed by atoms with Gasteiger partial charge >= 0.3 is 0 Å². The number of hydrogen-bond donors (Lipinski definition) is 0. The Labute approximate surface area is 210 Å². The topological polar surface area (TPSA) is 43.9 Å². The fourth-order valence-electron chi connectivity index (χ4n) is 6.03. The summed E-state index contributed by atoms with van der Waals surface area (Å²) in [6.45, 7) is 12.8. The molecular formula is C28H43N3O2S. The molecule has 1 saturated carbocycles. The first-order chi connectivity index (χ1) is 16.4. The lowest BCUT2D eigenvalue weighted by Gasteiger charge is -2.57. The average Bonchev–Trinajstić information content (AvgIpc) is 3.39. The molecule has 1 aromatic rings. The summed E-state index contributed by atoms with van der Waals surface area (Å²) in [5.41, 5.74) is 1.84. The maximum absolute atomic E-state index is 13.4. The van der Waals surface area contributed by atoms with Crippen LogP contribution in [0.5, 0.6) is 0 Å². The second-order valence-electron chi connectivity index (χ2n) is 11.1. The molecule has 3 aliphatic carbocycles. The Bertz CT molecular complexity index is 855. The third-order valence-electron chi connectivity index (χ3n) is 8.63. The molecule has 34 heavy (non-hydrogen) atoms. The van der Waals surface area contributed by atoms with Crippen LogP contribution in [0.1, 0.15) is 75.4 Å². The quantitative estimate of drug-likeness (QED) is 0.316. The van der Waals surface area contributed by atoms with Gasteiger partial charge in [-0.1, -0.05) is 57.7 Å². The van der Waals surface area contributed by atoms with Crippen molar-refractivity contribution < 1.29 is 9.59 Å². The first-order valence-electron chi connectivity index (χ1n) is 13.4. The van der Waals surface area contributed by atoms with E-state index in [1.807, 2.05) is 22.4 Å². The number of unbranched alkanes of at least 4 members (excludes halogenated alkanes) is 3. The van der Waals surface area contributed by atoms with Gasteiger partial charge in [0.05, 0.1) is 4.88 Å². The highest BCUT2D eigenvalue weighted by Crippen LogP contribution is 2.59. The van der Waals surface area contributed by atoms with Crippen LogP contribution in [0.2, 0.25) is 0 Å². The van der Waals surface area contributed by atoms with Gasteiger partial charge in [0.2, 0.25) is 5.91 Å². The highest BCUT2D eigenvalue weighted by atomic mass is 32.1. The lowest BCUT2D eigenvalue weighted by Crippen LogP contribution is -2.52. The summed E-state index contributed by atoms with van der Waals surface area (Å²) in [5.74, 6) is 1.91. The van der Waals surface area contributed by atoms with Crippen LogP contribution in [0, 0.1) is 17.3 Å². The molecule has 4 aliphatic rings. The highest BCUT2D eigenvalue weighted by molar-refractivity contribution is 7.12. The van der Waals surface area contributed by atoms with Crippen LogP contribution in [0.15, 0.2) is 29.2 Å². The van der Waals surface area contributed by atoms with E-state index < -0.39 is 0 Å². The molecule has 2 fully saturated rings. The number of nitrogens with zero attached hydrogens (tertiary/aromatic N) is 3. The highest BCUT2D eigenvalue weighted by Gasteiger charge is 2.51. The van der Waals surface area contributed by atoms with Gasteiger partial charge in [-0.2, -0.15) is 0 Å². The molecule has 1 aliphatic heterocycles. The molecule has 6 heteroatoms. The largest absolute Gasteiger partial charge is 0.340 e. The first-order valence-corrected chi connectivity index (χ1v) is 14.3. The number of fused-ring (bicyclic) bond motifs is 1. The van der Waals surface area contributed by atoms with Gasteiger partial charge in [0.15, 0.2) is 0 Å². The van der Waals surface area contributed by atoms with Crippen LogP contribution in [0.25, 0.3) is 0 Å². The number of piperazine rings is 1. The zero-order valence-corrected chi connectivity index (χ0v) is 22.2. The molecular weight excluding hydrogens is 442 g/mol. The van der Waals surface area contributed by atoms with Gasteiger partial charge < -0.3 is 9.80 Å². The van der Waals surface area contributed by atoms with Crippen LogP contribution in [-0.2, 0) is 4.79 Å². The predicted molar refractivity (Wildman–Crippen MR) is 140 cm³/mol. The standard InChI is InChI=1S/C28H43N3O2S/c1-4-5-6-7-10-26(32)30-16-13-29(14-17-30)15-18-31(27(33)25-9-8-19-34-25)21-22-11-12-23-20-24(22)28(23,2)3/h8-9,11,19,23-24H,4-7,10,12-18,20-21H2,1-3H3. The minimum absolute atomic E-state index is 0.163. The SMILES string of the molecule is CCCCCCC(=O)N1CCN(CCN(CC2=CCC3CC2C3(C)C)C(=O)c2cccs2)CC1. The van der Waals surface area contributed by atoms with E-state index in [-0.39, 0.29) is 5.91 Å². The molecule has 5 rings (SSSR count). The van der Waals surface area contributed by atoms with Crippen molar-refractivity contribution in [1.82, 2.24) is 14.7 Å². The second kappa shape index (κ2) is 11.4. The van der Waals surface area contributed by atoms with E-state index in [1.54, 1.807) is 0 Å². The van der Waals surface area contributed by atoms with Gasteiger partial charge in [-0.3, -0.25) is 14.5 Å². The smallest absolute Gasteiger partial charge is 0.264 e. The number of amides is 2. The molecule has 2 bridgehead atoms. The first kappa shape index (κ1) is 25.4. The lowest BCUT2D eigenvalue weighted by molar-refractivity contribution is -0.133. The molecule has 188 valence electrons. The van der Waals surface area contributed by atoms with Crippen molar-refractivity contribution in [2.75, 3.05) is 45.8 Å². The van der Waals surface area contributed by atoms with Crippen molar-refractivity contribution in [2.24, 2.45) is 17.3 Å². The summed E-state index contributed by atoms with van der Waals surface area (Å²) in [5, 5.41) is 1.99. The van der Waals surface area contributed by atoms with Crippen molar-refractivity contribution >= 4 is 23.2 Å². The van der Waals surface area contributed by atoms with Crippen molar-refractivity contribution in [3.8, 4) is 0 Å². The van der Waals surface area contributed by atoms with Crippen LogP contribution in [0.4, 0.5) is 0 Å². The summed E-state index contributed by atoms with van der Waals surface area (Å²) in [6, 6.07) is 3.91. The summed E-state index contributed by atoms with van der Waals surface area (Å²) < 4.78 is 0. The van der Waals surface area contributed by atoms with Crippen LogP contribution in [0.3, 0.4) is 0 Å². The zero-order chi connectivity index (χ0) is 24.1. The second-order valence-corrected chi connectivity index (χ2v) is 12.0. The Balaban J connectivity index is 1.29.